The number of ether oxygens (including phenoxy) is 1. The van der Waals surface area contributed by atoms with Crippen molar-refractivity contribution in [2.75, 3.05) is 12.9 Å². The molecule has 2 amide bonds. The van der Waals surface area contributed by atoms with Gasteiger partial charge in [-0.25, -0.2) is 0 Å². The number of carbonyl (C=O) groups excluding carboxylic acids is 2. The van der Waals surface area contributed by atoms with Gasteiger partial charge < -0.3 is 15.0 Å². The van der Waals surface area contributed by atoms with Crippen molar-refractivity contribution in [2.24, 2.45) is 0 Å². The highest BCUT2D eigenvalue weighted by molar-refractivity contribution is 7.99. The lowest BCUT2D eigenvalue weighted by molar-refractivity contribution is -0.141. The lowest BCUT2D eigenvalue weighted by Gasteiger charge is -2.31. The first-order valence-corrected chi connectivity index (χ1v) is 12.8. The van der Waals surface area contributed by atoms with Gasteiger partial charge in [0.05, 0.1) is 7.11 Å². The highest BCUT2D eigenvalue weighted by Gasteiger charge is 2.28. The molecule has 0 radical (unpaired) electrons. The maximum atomic E-state index is 13.3. The summed E-state index contributed by atoms with van der Waals surface area (Å²) in [5.74, 6) is 1.48. The van der Waals surface area contributed by atoms with Gasteiger partial charge in [-0.05, 0) is 73.9 Å². The second-order valence-electron chi connectivity index (χ2n) is 8.02. The molecule has 0 bridgehead atoms. The van der Waals surface area contributed by atoms with Gasteiger partial charge in [0.25, 0.3) is 0 Å². The Balaban J connectivity index is 2.07. The normalized spacial score (nSPS) is 12.6. The van der Waals surface area contributed by atoms with E-state index in [-0.39, 0.29) is 17.9 Å². The Morgan fingerprint density at radius 2 is 1.73 bits per heavy atom. The first-order valence-electron chi connectivity index (χ1n) is 11.5. The molecule has 5 nitrogen and oxygen atoms in total. The second-order valence-corrected chi connectivity index (χ2v) is 9.62. The number of rotatable bonds is 13. The third kappa shape index (κ3) is 8.94. The van der Waals surface area contributed by atoms with Crippen LogP contribution in [0, 0.1) is 0 Å². The summed E-state index contributed by atoms with van der Waals surface area (Å²) in [6.07, 6.45) is 2.53. The van der Waals surface area contributed by atoms with E-state index in [0.29, 0.717) is 24.4 Å². The molecule has 180 valence electrons. The van der Waals surface area contributed by atoms with E-state index >= 15 is 0 Å². The smallest absolute Gasteiger partial charge is 0.243 e. The average molecular weight is 491 g/mol. The van der Waals surface area contributed by atoms with Crippen LogP contribution in [0.4, 0.5) is 0 Å². The van der Waals surface area contributed by atoms with Crippen molar-refractivity contribution in [2.45, 2.75) is 70.0 Å². The monoisotopic (exact) mass is 490 g/mol. The van der Waals surface area contributed by atoms with Gasteiger partial charge in [-0.2, -0.15) is 0 Å². The molecule has 33 heavy (non-hydrogen) atoms. The molecule has 1 N–H and O–H groups in total. The van der Waals surface area contributed by atoms with E-state index < -0.39 is 6.04 Å². The molecule has 0 aliphatic carbocycles. The van der Waals surface area contributed by atoms with Gasteiger partial charge >= 0.3 is 0 Å². The number of carbonyl (C=O) groups is 2. The zero-order chi connectivity index (χ0) is 24.2. The molecule has 0 aromatic heterocycles. The third-order valence-corrected chi connectivity index (χ3v) is 6.87. The topological polar surface area (TPSA) is 58.6 Å². The van der Waals surface area contributed by atoms with E-state index in [0.717, 1.165) is 34.8 Å². The van der Waals surface area contributed by atoms with Gasteiger partial charge in [0, 0.05) is 28.9 Å². The van der Waals surface area contributed by atoms with E-state index in [2.05, 4.69) is 5.32 Å². The van der Waals surface area contributed by atoms with E-state index in [9.17, 15) is 9.59 Å². The minimum absolute atomic E-state index is 0.00586. The van der Waals surface area contributed by atoms with Crippen molar-refractivity contribution >= 4 is 35.2 Å². The molecule has 0 heterocycles. The maximum Gasteiger partial charge on any atom is 0.243 e. The minimum atomic E-state index is -0.502. The molecular formula is C26H35ClN2O3S. The predicted molar refractivity (Wildman–Crippen MR) is 137 cm³/mol. The summed E-state index contributed by atoms with van der Waals surface area (Å²) in [6, 6.07) is 14.9. The van der Waals surface area contributed by atoms with Crippen LogP contribution in [-0.4, -0.2) is 41.7 Å². The zero-order valence-corrected chi connectivity index (χ0v) is 21.5. The molecule has 0 aliphatic heterocycles. The van der Waals surface area contributed by atoms with Crippen molar-refractivity contribution in [3.63, 3.8) is 0 Å². The summed E-state index contributed by atoms with van der Waals surface area (Å²) in [4.78, 5) is 29.1. The summed E-state index contributed by atoms with van der Waals surface area (Å²) in [7, 11) is 1.62. The Bertz CT molecular complexity index is 874. The molecule has 0 saturated heterocycles. The van der Waals surface area contributed by atoms with Crippen LogP contribution >= 0.6 is 23.4 Å². The molecule has 2 aromatic carbocycles. The fourth-order valence-electron chi connectivity index (χ4n) is 3.38. The first-order chi connectivity index (χ1) is 15.9. The van der Waals surface area contributed by atoms with Gasteiger partial charge in [-0.1, -0.05) is 37.6 Å². The van der Waals surface area contributed by atoms with E-state index in [1.165, 1.54) is 0 Å². The van der Waals surface area contributed by atoms with Gasteiger partial charge in [0.2, 0.25) is 11.8 Å². The highest BCUT2D eigenvalue weighted by atomic mass is 35.5. The van der Waals surface area contributed by atoms with Crippen LogP contribution in [0.5, 0.6) is 5.75 Å². The molecule has 0 unspecified atom stereocenters. The summed E-state index contributed by atoms with van der Waals surface area (Å²) < 4.78 is 5.24. The lowest BCUT2D eigenvalue weighted by Crippen LogP contribution is -2.50. The number of hydrogen-bond acceptors (Lipinski definition) is 4. The predicted octanol–water partition coefficient (Wildman–Crippen LogP) is 5.94. The number of methoxy groups -OCH3 is 1. The molecular weight excluding hydrogens is 456 g/mol. The molecule has 0 spiro atoms. The van der Waals surface area contributed by atoms with Gasteiger partial charge in [-0.15, -0.1) is 11.8 Å². The number of nitrogens with one attached hydrogen (secondary N) is 1. The Morgan fingerprint density at radius 3 is 2.30 bits per heavy atom. The summed E-state index contributed by atoms with van der Waals surface area (Å²) in [6.45, 7) is 6.35. The van der Waals surface area contributed by atoms with Crippen molar-refractivity contribution < 1.29 is 14.3 Å². The largest absolute Gasteiger partial charge is 0.497 e. The first kappa shape index (κ1) is 27.1. The van der Waals surface area contributed by atoms with Crippen molar-refractivity contribution in [1.29, 1.82) is 0 Å². The number of hydrogen-bond donors (Lipinski definition) is 1. The van der Waals surface area contributed by atoms with Crippen LogP contribution in [0.1, 0.15) is 52.0 Å². The lowest BCUT2D eigenvalue weighted by atomic mass is 10.1. The molecule has 2 rings (SSSR count). The number of halogens is 1. The molecule has 0 saturated carbocycles. The minimum Gasteiger partial charge on any atom is -0.497 e. The van der Waals surface area contributed by atoms with Crippen LogP contribution in [-0.2, 0) is 16.1 Å². The quantitative estimate of drug-likeness (QED) is 0.278. The molecule has 0 aliphatic rings. The Morgan fingerprint density at radius 1 is 1.06 bits per heavy atom. The SMILES string of the molecule is CC[C@H](C(=O)N[C@@H](C)CC)N(Cc1ccc(OC)cc1)C(=O)CCCSc1ccc(Cl)cc1. The molecule has 2 atom stereocenters. The zero-order valence-electron chi connectivity index (χ0n) is 20.0. The summed E-state index contributed by atoms with van der Waals surface area (Å²) >= 11 is 7.64. The van der Waals surface area contributed by atoms with E-state index in [1.807, 2.05) is 69.3 Å². The van der Waals surface area contributed by atoms with Crippen molar-refractivity contribution in [3.05, 3.63) is 59.1 Å². The van der Waals surface area contributed by atoms with Crippen LogP contribution in [0.3, 0.4) is 0 Å². The fraction of sp³-hybridized carbons (Fsp3) is 0.462. The highest BCUT2D eigenvalue weighted by Crippen LogP contribution is 2.22. The maximum absolute atomic E-state index is 13.3. The van der Waals surface area contributed by atoms with E-state index in [1.54, 1.807) is 23.8 Å². The number of thioether (sulfide) groups is 1. The van der Waals surface area contributed by atoms with Gasteiger partial charge in [0.15, 0.2) is 0 Å². The van der Waals surface area contributed by atoms with Gasteiger partial charge in [-0.3, -0.25) is 9.59 Å². The van der Waals surface area contributed by atoms with Crippen LogP contribution in [0.25, 0.3) is 0 Å². The van der Waals surface area contributed by atoms with Crippen LogP contribution < -0.4 is 10.1 Å². The number of nitrogens with zero attached hydrogens (tertiary/aromatic N) is 1. The number of amides is 2. The third-order valence-electron chi connectivity index (χ3n) is 5.52. The fourth-order valence-corrected chi connectivity index (χ4v) is 4.35. The van der Waals surface area contributed by atoms with Crippen LogP contribution in [0.2, 0.25) is 5.02 Å². The Hall–Kier alpha value is -2.18. The Labute approximate surface area is 207 Å². The van der Waals surface area contributed by atoms with Crippen LogP contribution in [0.15, 0.2) is 53.4 Å². The van der Waals surface area contributed by atoms with E-state index in [4.69, 9.17) is 16.3 Å². The van der Waals surface area contributed by atoms with Crippen molar-refractivity contribution in [1.82, 2.24) is 10.2 Å². The second kappa shape index (κ2) is 14.2. The molecule has 2 aromatic rings. The van der Waals surface area contributed by atoms with Crippen molar-refractivity contribution in [3.8, 4) is 5.75 Å². The Kier molecular flexibility index (Phi) is 11.6. The standard InChI is InChI=1S/C26H35ClN2O3S/c1-5-19(3)28-26(31)24(6-2)29(18-20-9-13-22(32-4)14-10-20)25(30)8-7-17-33-23-15-11-21(27)12-16-23/h9-16,19,24H,5-8,17-18H2,1-4H3,(H,28,31)/t19-,24+/m0/s1. The van der Waals surface area contributed by atoms with Gasteiger partial charge in [0.1, 0.15) is 11.8 Å². The summed E-state index contributed by atoms with van der Waals surface area (Å²) in [5, 5.41) is 3.76. The average Bonchev–Trinajstić information content (AvgIpc) is 2.82. The molecule has 7 heteroatoms. The molecule has 0 fully saturated rings. The number of benzene rings is 2. The summed E-state index contributed by atoms with van der Waals surface area (Å²) in [5.41, 5.74) is 0.967.